The van der Waals surface area contributed by atoms with Crippen molar-refractivity contribution in [1.29, 1.82) is 0 Å². The van der Waals surface area contributed by atoms with E-state index in [1.165, 1.54) is 5.56 Å². The largest absolute Gasteiger partial charge is 0.355 e. The van der Waals surface area contributed by atoms with E-state index < -0.39 is 10.8 Å². The molecule has 1 aromatic carbocycles. The average Bonchev–Trinajstić information content (AvgIpc) is 2.42. The number of aliphatic imine (C=N–C) groups is 1. The minimum Gasteiger partial charge on any atom is -0.355 e. The molecule has 112 valence electrons. The lowest BCUT2D eigenvalue weighted by atomic mass is 10.2. The molecule has 0 radical (unpaired) electrons. The summed E-state index contributed by atoms with van der Waals surface area (Å²) in [6, 6.07) is 10.2. The van der Waals surface area contributed by atoms with E-state index in [0.29, 0.717) is 12.3 Å². The van der Waals surface area contributed by atoms with Crippen molar-refractivity contribution in [1.82, 2.24) is 10.6 Å². The van der Waals surface area contributed by atoms with Gasteiger partial charge in [-0.05, 0) is 26.3 Å². The molecule has 0 spiro atoms. The molecule has 2 N–H and O–H groups in total. The number of hydrogen-bond acceptors (Lipinski definition) is 2. The zero-order chi connectivity index (χ0) is 15.0. The molecule has 0 fully saturated rings. The van der Waals surface area contributed by atoms with Gasteiger partial charge in [0.25, 0.3) is 0 Å². The Bertz CT molecular complexity index is 452. The molecular weight excluding hydrogens is 270 g/mol. The highest BCUT2D eigenvalue weighted by Gasteiger charge is 2.18. The predicted molar refractivity (Wildman–Crippen MR) is 87.4 cm³/mol. The van der Waals surface area contributed by atoms with Crippen molar-refractivity contribution in [2.24, 2.45) is 4.99 Å². The molecule has 20 heavy (non-hydrogen) atoms. The van der Waals surface area contributed by atoms with Gasteiger partial charge in [-0.3, -0.25) is 9.20 Å². The Morgan fingerprint density at radius 1 is 1.20 bits per heavy atom. The first-order chi connectivity index (χ1) is 9.43. The van der Waals surface area contributed by atoms with Crippen molar-refractivity contribution in [3.63, 3.8) is 0 Å². The standard InChI is InChI=1S/C15H25N3OS/c1-15(2,3)20(19)11-10-17-14(16-4)18-12-13-8-6-5-7-9-13/h5-9H,10-12H2,1-4H3,(H2,16,17,18). The lowest BCUT2D eigenvalue weighted by molar-refractivity contribution is 0.647. The van der Waals surface area contributed by atoms with Crippen molar-refractivity contribution in [3.8, 4) is 0 Å². The number of hydrogen-bond donors (Lipinski definition) is 2. The Balaban J connectivity index is 2.33. The van der Waals surface area contributed by atoms with Gasteiger partial charge in [-0.2, -0.15) is 0 Å². The average molecular weight is 295 g/mol. The van der Waals surface area contributed by atoms with Gasteiger partial charge in [-0.1, -0.05) is 30.3 Å². The molecule has 1 unspecified atom stereocenters. The van der Waals surface area contributed by atoms with Crippen molar-refractivity contribution < 1.29 is 4.21 Å². The fraction of sp³-hybridized carbons (Fsp3) is 0.533. The molecule has 5 heteroatoms. The van der Waals surface area contributed by atoms with Crippen molar-refractivity contribution in [2.75, 3.05) is 19.3 Å². The summed E-state index contributed by atoms with van der Waals surface area (Å²) in [5, 5.41) is 6.43. The summed E-state index contributed by atoms with van der Waals surface area (Å²) in [4.78, 5) is 4.16. The Morgan fingerprint density at radius 2 is 1.85 bits per heavy atom. The molecule has 0 saturated heterocycles. The lowest BCUT2D eigenvalue weighted by Gasteiger charge is -2.18. The van der Waals surface area contributed by atoms with E-state index in [1.54, 1.807) is 7.05 Å². The maximum Gasteiger partial charge on any atom is 0.191 e. The third kappa shape index (κ3) is 6.19. The van der Waals surface area contributed by atoms with Crippen LogP contribution in [0.4, 0.5) is 0 Å². The van der Waals surface area contributed by atoms with Crippen LogP contribution in [-0.2, 0) is 17.3 Å². The maximum atomic E-state index is 11.9. The first-order valence-electron chi connectivity index (χ1n) is 6.80. The van der Waals surface area contributed by atoms with Gasteiger partial charge in [0.1, 0.15) is 0 Å². The van der Waals surface area contributed by atoms with Crippen LogP contribution in [0.2, 0.25) is 0 Å². The highest BCUT2D eigenvalue weighted by molar-refractivity contribution is 7.86. The highest BCUT2D eigenvalue weighted by Crippen LogP contribution is 2.10. The van der Waals surface area contributed by atoms with Crippen molar-refractivity contribution in [2.45, 2.75) is 32.1 Å². The number of guanidine groups is 1. The zero-order valence-electron chi connectivity index (χ0n) is 12.8. The Morgan fingerprint density at radius 3 is 2.40 bits per heavy atom. The van der Waals surface area contributed by atoms with Gasteiger partial charge >= 0.3 is 0 Å². The van der Waals surface area contributed by atoms with Crippen LogP contribution in [0.3, 0.4) is 0 Å². The monoisotopic (exact) mass is 295 g/mol. The summed E-state index contributed by atoms with van der Waals surface area (Å²) in [6.45, 7) is 7.35. The van der Waals surface area contributed by atoms with Gasteiger partial charge in [0, 0.05) is 41.4 Å². The van der Waals surface area contributed by atoms with Crippen LogP contribution in [0.15, 0.2) is 35.3 Å². The summed E-state index contributed by atoms with van der Waals surface area (Å²) in [5.74, 6) is 1.36. The molecule has 0 aliphatic heterocycles. The fourth-order valence-electron chi connectivity index (χ4n) is 1.57. The second kappa shape index (κ2) is 8.04. The van der Waals surface area contributed by atoms with Gasteiger partial charge in [0.2, 0.25) is 0 Å². The van der Waals surface area contributed by atoms with Crippen LogP contribution in [-0.4, -0.2) is 34.3 Å². The number of nitrogens with zero attached hydrogens (tertiary/aromatic N) is 1. The van der Waals surface area contributed by atoms with Crippen LogP contribution in [0.1, 0.15) is 26.3 Å². The van der Waals surface area contributed by atoms with Gasteiger partial charge < -0.3 is 10.6 Å². The van der Waals surface area contributed by atoms with Crippen LogP contribution in [0, 0.1) is 0 Å². The molecular formula is C15H25N3OS. The minimum absolute atomic E-state index is 0.164. The topological polar surface area (TPSA) is 53.5 Å². The van der Waals surface area contributed by atoms with Crippen molar-refractivity contribution >= 4 is 16.8 Å². The SMILES string of the molecule is CN=C(NCCS(=O)C(C)(C)C)NCc1ccccc1. The van der Waals surface area contributed by atoms with Gasteiger partial charge in [0.05, 0.1) is 0 Å². The van der Waals surface area contributed by atoms with Gasteiger partial charge in [-0.25, -0.2) is 0 Å². The predicted octanol–water partition coefficient (Wildman–Crippen LogP) is 1.90. The summed E-state index contributed by atoms with van der Waals surface area (Å²) in [6.07, 6.45) is 0. The Labute approximate surface area is 124 Å². The summed E-state index contributed by atoms with van der Waals surface area (Å²) >= 11 is 0. The second-order valence-electron chi connectivity index (χ2n) is 5.50. The number of nitrogens with one attached hydrogen (secondary N) is 2. The summed E-state index contributed by atoms with van der Waals surface area (Å²) < 4.78 is 11.8. The quantitative estimate of drug-likeness (QED) is 0.644. The molecule has 1 aromatic rings. The normalized spacial score (nSPS) is 13.9. The smallest absolute Gasteiger partial charge is 0.191 e. The summed E-state index contributed by atoms with van der Waals surface area (Å²) in [5.41, 5.74) is 1.20. The van der Waals surface area contributed by atoms with E-state index in [2.05, 4.69) is 27.8 Å². The van der Waals surface area contributed by atoms with Gasteiger partial charge in [-0.15, -0.1) is 0 Å². The molecule has 1 atom stereocenters. The first kappa shape index (κ1) is 16.7. The molecule has 0 aliphatic carbocycles. The molecule has 0 aromatic heterocycles. The van der Waals surface area contributed by atoms with E-state index in [-0.39, 0.29) is 4.75 Å². The molecule has 0 aliphatic rings. The summed E-state index contributed by atoms with van der Waals surface area (Å²) in [7, 11) is 0.896. The van der Waals surface area contributed by atoms with Crippen molar-refractivity contribution in [3.05, 3.63) is 35.9 Å². The lowest BCUT2D eigenvalue weighted by Crippen LogP contribution is -2.40. The number of benzene rings is 1. The third-order valence-corrected chi connectivity index (χ3v) is 4.73. The van der Waals surface area contributed by atoms with Crippen LogP contribution in [0.5, 0.6) is 0 Å². The Kier molecular flexibility index (Phi) is 6.71. The zero-order valence-corrected chi connectivity index (χ0v) is 13.6. The third-order valence-electron chi connectivity index (χ3n) is 2.79. The molecule has 0 heterocycles. The van der Waals surface area contributed by atoms with E-state index in [0.717, 1.165) is 12.5 Å². The maximum absolute atomic E-state index is 11.9. The van der Waals surface area contributed by atoms with E-state index >= 15 is 0 Å². The second-order valence-corrected chi connectivity index (χ2v) is 7.82. The molecule has 0 bridgehead atoms. The van der Waals surface area contributed by atoms with Crippen LogP contribution in [0.25, 0.3) is 0 Å². The fourth-order valence-corrected chi connectivity index (χ4v) is 2.47. The highest BCUT2D eigenvalue weighted by atomic mass is 32.2. The van der Waals surface area contributed by atoms with E-state index in [1.807, 2.05) is 39.0 Å². The first-order valence-corrected chi connectivity index (χ1v) is 8.12. The minimum atomic E-state index is -0.841. The molecule has 0 amide bonds. The van der Waals surface area contributed by atoms with Crippen LogP contribution >= 0.6 is 0 Å². The Hall–Kier alpha value is -1.36. The molecule has 0 saturated carbocycles. The number of rotatable bonds is 5. The van der Waals surface area contributed by atoms with Gasteiger partial charge in [0.15, 0.2) is 5.96 Å². The van der Waals surface area contributed by atoms with Crippen LogP contribution < -0.4 is 10.6 Å². The molecule has 4 nitrogen and oxygen atoms in total. The molecule has 1 rings (SSSR count). The van der Waals surface area contributed by atoms with E-state index in [9.17, 15) is 4.21 Å². The van der Waals surface area contributed by atoms with E-state index in [4.69, 9.17) is 0 Å².